The number of esters is 1. The first-order valence-electron chi connectivity index (χ1n) is 6.51. The standard InChI is InChI=1S/C13H22N2O3/c1-4-7-15-9-10(8-14-15)12(16)11(5-2)13(17)18-6-3/h8-9,11-12,16H,4-7H2,1-3H3. The molecular weight excluding hydrogens is 232 g/mol. The lowest BCUT2D eigenvalue weighted by Gasteiger charge is -2.18. The zero-order valence-electron chi connectivity index (χ0n) is 11.3. The number of carbonyl (C=O) groups is 1. The maximum Gasteiger partial charge on any atom is 0.311 e. The van der Waals surface area contributed by atoms with E-state index in [1.165, 1.54) is 0 Å². The molecular formula is C13H22N2O3. The van der Waals surface area contributed by atoms with Crippen molar-refractivity contribution in [3.8, 4) is 0 Å². The Morgan fingerprint density at radius 2 is 2.22 bits per heavy atom. The first-order valence-corrected chi connectivity index (χ1v) is 6.51. The lowest BCUT2D eigenvalue weighted by molar-refractivity contribution is -0.152. The molecule has 0 saturated heterocycles. The van der Waals surface area contributed by atoms with E-state index in [0.29, 0.717) is 18.6 Å². The number of carbonyl (C=O) groups excluding carboxylic acids is 1. The molecule has 1 rings (SSSR count). The van der Waals surface area contributed by atoms with E-state index in [0.717, 1.165) is 13.0 Å². The Morgan fingerprint density at radius 3 is 2.78 bits per heavy atom. The van der Waals surface area contributed by atoms with Crippen molar-refractivity contribution in [3.63, 3.8) is 0 Å². The summed E-state index contributed by atoms with van der Waals surface area (Å²) in [7, 11) is 0. The second kappa shape index (κ2) is 7.16. The van der Waals surface area contributed by atoms with Gasteiger partial charge in [-0.05, 0) is 19.8 Å². The summed E-state index contributed by atoms with van der Waals surface area (Å²) < 4.78 is 6.74. The highest BCUT2D eigenvalue weighted by Crippen LogP contribution is 2.25. The molecule has 0 radical (unpaired) electrons. The molecule has 0 bridgehead atoms. The van der Waals surface area contributed by atoms with Gasteiger partial charge < -0.3 is 9.84 Å². The molecule has 1 heterocycles. The van der Waals surface area contributed by atoms with E-state index < -0.39 is 12.0 Å². The Hall–Kier alpha value is -1.36. The van der Waals surface area contributed by atoms with Crippen molar-refractivity contribution in [2.75, 3.05) is 6.61 Å². The molecule has 0 aliphatic rings. The molecule has 1 aromatic heterocycles. The first-order chi connectivity index (χ1) is 8.63. The van der Waals surface area contributed by atoms with Crippen molar-refractivity contribution in [1.29, 1.82) is 0 Å². The fraction of sp³-hybridized carbons (Fsp3) is 0.692. The summed E-state index contributed by atoms with van der Waals surface area (Å²) in [5, 5.41) is 14.4. The predicted molar refractivity (Wildman–Crippen MR) is 67.9 cm³/mol. The third kappa shape index (κ3) is 3.57. The molecule has 5 nitrogen and oxygen atoms in total. The quantitative estimate of drug-likeness (QED) is 0.755. The number of aryl methyl sites for hydroxylation is 1. The normalized spacial score (nSPS) is 14.2. The van der Waals surface area contributed by atoms with Gasteiger partial charge in [-0.25, -0.2) is 0 Å². The fourth-order valence-electron chi connectivity index (χ4n) is 1.88. The van der Waals surface area contributed by atoms with Gasteiger partial charge in [0.2, 0.25) is 0 Å². The molecule has 0 aromatic carbocycles. The second-order valence-electron chi connectivity index (χ2n) is 4.25. The lowest BCUT2D eigenvalue weighted by Crippen LogP contribution is -2.23. The molecule has 1 N–H and O–H groups in total. The van der Waals surface area contributed by atoms with Gasteiger partial charge in [-0.15, -0.1) is 0 Å². The summed E-state index contributed by atoms with van der Waals surface area (Å²) in [5.41, 5.74) is 0.670. The van der Waals surface area contributed by atoms with Crippen LogP contribution >= 0.6 is 0 Å². The van der Waals surface area contributed by atoms with E-state index in [1.54, 1.807) is 24.0 Å². The van der Waals surface area contributed by atoms with E-state index in [4.69, 9.17) is 4.74 Å². The van der Waals surface area contributed by atoms with Crippen LogP contribution < -0.4 is 0 Å². The van der Waals surface area contributed by atoms with Crippen molar-refractivity contribution in [2.45, 2.75) is 46.3 Å². The van der Waals surface area contributed by atoms with Gasteiger partial charge in [-0.1, -0.05) is 13.8 Å². The highest BCUT2D eigenvalue weighted by molar-refractivity contribution is 5.73. The van der Waals surface area contributed by atoms with Gasteiger partial charge >= 0.3 is 5.97 Å². The van der Waals surface area contributed by atoms with Crippen molar-refractivity contribution in [1.82, 2.24) is 9.78 Å². The van der Waals surface area contributed by atoms with Crippen LogP contribution in [0.2, 0.25) is 0 Å². The minimum Gasteiger partial charge on any atom is -0.466 e. The monoisotopic (exact) mass is 254 g/mol. The van der Waals surface area contributed by atoms with Crippen molar-refractivity contribution in [3.05, 3.63) is 18.0 Å². The molecule has 0 fully saturated rings. The summed E-state index contributed by atoms with van der Waals surface area (Å²) in [6, 6.07) is 0. The van der Waals surface area contributed by atoms with E-state index in [1.807, 2.05) is 6.92 Å². The van der Waals surface area contributed by atoms with Crippen LogP contribution in [0, 0.1) is 5.92 Å². The van der Waals surface area contributed by atoms with E-state index >= 15 is 0 Å². The number of nitrogens with zero attached hydrogens (tertiary/aromatic N) is 2. The summed E-state index contributed by atoms with van der Waals surface area (Å²) in [6.07, 6.45) is 4.07. The smallest absolute Gasteiger partial charge is 0.311 e. The zero-order valence-corrected chi connectivity index (χ0v) is 11.3. The molecule has 1 aromatic rings. The second-order valence-corrected chi connectivity index (χ2v) is 4.25. The molecule has 2 unspecified atom stereocenters. The first kappa shape index (κ1) is 14.7. The summed E-state index contributed by atoms with van der Waals surface area (Å²) >= 11 is 0. The molecule has 0 spiro atoms. The van der Waals surface area contributed by atoms with Crippen LogP contribution in [0.5, 0.6) is 0 Å². The largest absolute Gasteiger partial charge is 0.466 e. The molecule has 5 heteroatoms. The SMILES string of the molecule is CCCn1cc(C(O)C(CC)C(=O)OCC)cn1. The van der Waals surface area contributed by atoms with Gasteiger partial charge in [0.05, 0.1) is 24.8 Å². The van der Waals surface area contributed by atoms with Crippen LogP contribution in [-0.2, 0) is 16.1 Å². The van der Waals surface area contributed by atoms with E-state index in [2.05, 4.69) is 12.0 Å². The Morgan fingerprint density at radius 1 is 1.50 bits per heavy atom. The van der Waals surface area contributed by atoms with Crippen LogP contribution in [0.4, 0.5) is 0 Å². The van der Waals surface area contributed by atoms with Crippen LogP contribution in [0.3, 0.4) is 0 Å². The molecule has 0 aliphatic heterocycles. The Balaban J connectivity index is 2.75. The molecule has 0 amide bonds. The number of rotatable bonds is 7. The Labute approximate surface area is 108 Å². The maximum atomic E-state index is 11.7. The van der Waals surface area contributed by atoms with Gasteiger partial charge in [0.15, 0.2) is 0 Å². The highest BCUT2D eigenvalue weighted by atomic mass is 16.5. The van der Waals surface area contributed by atoms with Crippen molar-refractivity contribution >= 4 is 5.97 Å². The van der Waals surface area contributed by atoms with Crippen LogP contribution in [0.1, 0.15) is 45.3 Å². The van der Waals surface area contributed by atoms with Crippen molar-refractivity contribution < 1.29 is 14.6 Å². The van der Waals surface area contributed by atoms with Crippen LogP contribution in [0.15, 0.2) is 12.4 Å². The minimum atomic E-state index is -0.848. The minimum absolute atomic E-state index is 0.331. The van der Waals surface area contributed by atoms with Gasteiger partial charge in [0.25, 0.3) is 0 Å². The van der Waals surface area contributed by atoms with Gasteiger partial charge in [-0.3, -0.25) is 9.48 Å². The molecule has 2 atom stereocenters. The predicted octanol–water partition coefficient (Wildman–Crippen LogP) is 1.92. The molecule has 0 aliphatic carbocycles. The highest BCUT2D eigenvalue weighted by Gasteiger charge is 2.28. The number of ether oxygens (including phenoxy) is 1. The average Bonchev–Trinajstić information content (AvgIpc) is 2.79. The van der Waals surface area contributed by atoms with Crippen LogP contribution in [-0.4, -0.2) is 27.5 Å². The van der Waals surface area contributed by atoms with Crippen LogP contribution in [0.25, 0.3) is 0 Å². The zero-order chi connectivity index (χ0) is 13.5. The van der Waals surface area contributed by atoms with E-state index in [-0.39, 0.29) is 5.97 Å². The number of hydrogen-bond acceptors (Lipinski definition) is 4. The Kier molecular flexibility index (Phi) is 5.85. The maximum absolute atomic E-state index is 11.7. The van der Waals surface area contributed by atoms with E-state index in [9.17, 15) is 9.90 Å². The average molecular weight is 254 g/mol. The summed E-state index contributed by atoms with van der Waals surface area (Å²) in [6.45, 7) is 6.82. The molecule has 18 heavy (non-hydrogen) atoms. The van der Waals surface area contributed by atoms with Gasteiger partial charge in [0.1, 0.15) is 0 Å². The number of aliphatic hydroxyl groups is 1. The molecule has 0 saturated carbocycles. The lowest BCUT2D eigenvalue weighted by atomic mass is 9.95. The number of aliphatic hydroxyl groups excluding tert-OH is 1. The fourth-order valence-corrected chi connectivity index (χ4v) is 1.88. The Bertz CT molecular complexity index is 376. The number of hydrogen-bond donors (Lipinski definition) is 1. The van der Waals surface area contributed by atoms with Crippen molar-refractivity contribution in [2.24, 2.45) is 5.92 Å². The van der Waals surface area contributed by atoms with Gasteiger partial charge in [0, 0.05) is 18.3 Å². The van der Waals surface area contributed by atoms with Gasteiger partial charge in [-0.2, -0.15) is 5.10 Å². The topological polar surface area (TPSA) is 64.4 Å². The number of aromatic nitrogens is 2. The third-order valence-corrected chi connectivity index (χ3v) is 2.86. The third-order valence-electron chi connectivity index (χ3n) is 2.86. The molecule has 102 valence electrons. The summed E-state index contributed by atoms with van der Waals surface area (Å²) in [4.78, 5) is 11.7. The summed E-state index contributed by atoms with van der Waals surface area (Å²) in [5.74, 6) is -0.875.